The molecular weight excluding hydrogens is 751 g/mol. The van der Waals surface area contributed by atoms with Crippen LogP contribution < -0.4 is 0 Å². The maximum absolute atomic E-state index is 8.06. The lowest BCUT2D eigenvalue weighted by Gasteiger charge is -1.94. The van der Waals surface area contributed by atoms with Crippen LogP contribution >= 0.6 is 11.8 Å². The molecular formula is C56H109NO2S. The first-order valence-electron chi connectivity index (χ1n) is 23.3. The fourth-order valence-electron chi connectivity index (χ4n) is 3.17. The van der Waals surface area contributed by atoms with Gasteiger partial charge in [-0.3, -0.25) is 0 Å². The number of fused-ring (bicyclic) bond motifs is 1. The lowest BCUT2D eigenvalue weighted by Crippen LogP contribution is -1.85. The Morgan fingerprint density at radius 2 is 0.917 bits per heavy atom. The predicted octanol–water partition coefficient (Wildman–Crippen LogP) is 18.5. The average Bonchev–Trinajstić information content (AvgIpc) is 3.64. The molecule has 1 aromatic heterocycles. The predicted molar refractivity (Wildman–Crippen MR) is 288 cm³/mol. The number of aromatic nitrogens is 1. The number of aliphatic hydroxyl groups is 2. The van der Waals surface area contributed by atoms with E-state index in [-0.39, 0.29) is 20.1 Å². The normalized spacial score (nSPS) is 8.80. The molecule has 0 aliphatic heterocycles. The smallest absolute Gasteiger partial charge is 0.0483 e. The molecule has 356 valence electrons. The van der Waals surface area contributed by atoms with Gasteiger partial charge in [0.25, 0.3) is 0 Å². The van der Waals surface area contributed by atoms with Crippen LogP contribution in [0.25, 0.3) is 10.9 Å². The second-order valence-electron chi connectivity index (χ2n) is 15.3. The number of hydrogen-bond donors (Lipinski definition) is 3. The first kappa shape index (κ1) is 74.9. The lowest BCUT2D eigenvalue weighted by molar-refractivity contribution is 0.216. The molecule has 0 aliphatic rings. The van der Waals surface area contributed by atoms with Crippen LogP contribution in [0.5, 0.6) is 0 Å². The Labute approximate surface area is 383 Å². The summed E-state index contributed by atoms with van der Waals surface area (Å²) in [4.78, 5) is 3.24. The summed E-state index contributed by atoms with van der Waals surface area (Å²) < 4.78 is 0. The van der Waals surface area contributed by atoms with Gasteiger partial charge in [0.15, 0.2) is 0 Å². The Bertz CT molecular complexity index is 1210. The van der Waals surface area contributed by atoms with E-state index in [2.05, 4.69) is 201 Å². The minimum atomic E-state index is -0.167. The summed E-state index contributed by atoms with van der Waals surface area (Å²) in [5, 5.41) is 17.0. The molecule has 0 bridgehead atoms. The average molecular weight is 861 g/mol. The van der Waals surface area contributed by atoms with E-state index in [0.717, 1.165) is 37.0 Å². The number of aryl methyl sites for hydroxylation is 4. The van der Waals surface area contributed by atoms with Crippen molar-refractivity contribution in [2.75, 3.05) is 18.6 Å². The monoisotopic (exact) mass is 860 g/mol. The molecule has 0 unspecified atom stereocenters. The molecule has 4 aromatic rings. The fraction of sp³-hybridized carbons (Fsp3) is 0.643. The zero-order valence-corrected chi connectivity index (χ0v) is 44.4. The van der Waals surface area contributed by atoms with Crippen LogP contribution in [0.15, 0.2) is 85.1 Å². The Balaban J connectivity index is -0.0000000856. The van der Waals surface area contributed by atoms with Crippen molar-refractivity contribution in [1.82, 2.24) is 4.98 Å². The van der Waals surface area contributed by atoms with Crippen LogP contribution in [0.1, 0.15) is 194 Å². The molecule has 1 heterocycles. The number of para-hydroxylation sites is 1. The third-order valence-electron chi connectivity index (χ3n) is 6.88. The molecule has 0 fully saturated rings. The van der Waals surface area contributed by atoms with Gasteiger partial charge in [0.1, 0.15) is 0 Å². The van der Waals surface area contributed by atoms with Crippen LogP contribution in [0, 0.1) is 24.7 Å². The number of hydrogen-bond acceptors (Lipinski definition) is 3. The topological polar surface area (TPSA) is 56.2 Å². The molecule has 3 nitrogen and oxygen atoms in total. The standard InChI is InChI=1S/C10H11N.C9H12.C8H10.2C5H12.C4H10S.C4H10.C3H8O.C3H8.C2H6O.C2H6.CH4/c1-2-8-7-11-10-6-4-3-5-9(8)10;1-3-9-6-4-8(2)5-7-9;1-2-8-6-4-3-5-7-8;2*1-4-5(2)3;1-3-4-5-2;1-4(2)3;1-3(2)4;1-3-2;1-2-3;1-2;/h3-7,11H,2H2,1H3;4-7H,3H2,1-2H3;3-7H,2H2,1H3;2*5H,4H2,1-3H3;3-4H2,1-2H3;4H,1-3H3;3-4H,1-2H3;3H2,1-2H3;3H,2H2,1H3;1-2H3;1H4. The molecule has 0 amide bonds. The van der Waals surface area contributed by atoms with Gasteiger partial charge in [0.05, 0.1) is 0 Å². The van der Waals surface area contributed by atoms with Gasteiger partial charge >= 0.3 is 0 Å². The molecule has 0 saturated heterocycles. The number of nitrogens with one attached hydrogen (secondary N) is 1. The van der Waals surface area contributed by atoms with Gasteiger partial charge < -0.3 is 15.2 Å². The highest BCUT2D eigenvalue weighted by molar-refractivity contribution is 7.98. The Morgan fingerprint density at radius 3 is 1.18 bits per heavy atom. The molecule has 3 aromatic carbocycles. The molecule has 0 radical (unpaired) electrons. The van der Waals surface area contributed by atoms with Crippen molar-refractivity contribution in [3.05, 3.63) is 107 Å². The van der Waals surface area contributed by atoms with E-state index in [4.69, 9.17) is 10.2 Å². The number of benzene rings is 3. The minimum Gasteiger partial charge on any atom is -0.397 e. The molecule has 4 rings (SSSR count). The van der Waals surface area contributed by atoms with Crippen molar-refractivity contribution < 1.29 is 10.2 Å². The SMILES string of the molecule is C.CC.CC(C)C.CC(C)O.CCC.CCC(C)C.CCC(C)C.CCCSC.CCO.CCc1c[nH]c2ccccc12.CCc1ccc(C)cc1.CCc1ccccc1. The summed E-state index contributed by atoms with van der Waals surface area (Å²) in [7, 11) is 0. The number of H-pyrrole nitrogens is 1. The zero-order valence-electron chi connectivity index (χ0n) is 43.6. The molecule has 0 atom stereocenters. The highest BCUT2D eigenvalue weighted by atomic mass is 32.2. The van der Waals surface area contributed by atoms with Gasteiger partial charge in [0, 0.05) is 29.8 Å². The summed E-state index contributed by atoms with van der Waals surface area (Å²) in [6.07, 6.45) is 12.6. The Morgan fingerprint density at radius 1 is 0.583 bits per heavy atom. The fourth-order valence-corrected chi connectivity index (χ4v) is 3.57. The molecule has 60 heavy (non-hydrogen) atoms. The van der Waals surface area contributed by atoms with Crippen molar-refractivity contribution in [2.24, 2.45) is 17.8 Å². The third kappa shape index (κ3) is 73.0. The molecule has 0 aliphatic carbocycles. The summed E-state index contributed by atoms with van der Waals surface area (Å²) in [5.74, 6) is 3.91. The second kappa shape index (κ2) is 63.1. The van der Waals surface area contributed by atoms with Crippen molar-refractivity contribution in [3.8, 4) is 0 Å². The number of aliphatic hydroxyl groups excluding tert-OH is 2. The molecule has 3 N–H and O–H groups in total. The van der Waals surface area contributed by atoms with Gasteiger partial charge in [-0.2, -0.15) is 11.8 Å². The first-order chi connectivity index (χ1) is 27.9. The van der Waals surface area contributed by atoms with Crippen LogP contribution in [-0.2, 0) is 19.3 Å². The van der Waals surface area contributed by atoms with Crippen molar-refractivity contribution in [1.29, 1.82) is 0 Å². The summed E-state index contributed by atoms with van der Waals surface area (Å²) >= 11 is 1.90. The maximum Gasteiger partial charge on any atom is 0.0483 e. The van der Waals surface area contributed by atoms with E-state index in [1.807, 2.05) is 31.7 Å². The summed E-state index contributed by atoms with van der Waals surface area (Å²) in [5.41, 5.74) is 6.81. The zero-order chi connectivity index (χ0) is 47.5. The van der Waals surface area contributed by atoms with Crippen molar-refractivity contribution in [2.45, 2.75) is 204 Å². The van der Waals surface area contributed by atoms with Gasteiger partial charge in [-0.25, -0.2) is 0 Å². The second-order valence-corrected chi connectivity index (χ2v) is 16.3. The first-order valence-corrected chi connectivity index (χ1v) is 24.7. The van der Waals surface area contributed by atoms with Crippen LogP contribution in [0.3, 0.4) is 0 Å². The lowest BCUT2D eigenvalue weighted by atomic mass is 10.1. The van der Waals surface area contributed by atoms with Gasteiger partial charge in [0.2, 0.25) is 0 Å². The van der Waals surface area contributed by atoms with Crippen LogP contribution in [0.2, 0.25) is 0 Å². The quantitative estimate of drug-likeness (QED) is 0.174. The van der Waals surface area contributed by atoms with Crippen molar-refractivity contribution in [3.63, 3.8) is 0 Å². The van der Waals surface area contributed by atoms with E-state index in [1.54, 1.807) is 20.8 Å². The van der Waals surface area contributed by atoms with Crippen LogP contribution in [-0.4, -0.2) is 39.9 Å². The van der Waals surface area contributed by atoms with Gasteiger partial charge in [-0.1, -0.05) is 223 Å². The van der Waals surface area contributed by atoms with E-state index in [1.165, 1.54) is 64.6 Å². The van der Waals surface area contributed by atoms with Gasteiger partial charge in [-0.05, 0) is 106 Å². The molecule has 4 heteroatoms. The maximum atomic E-state index is 8.06. The highest BCUT2D eigenvalue weighted by Crippen LogP contribution is 2.17. The van der Waals surface area contributed by atoms with E-state index < -0.39 is 0 Å². The van der Waals surface area contributed by atoms with Crippen molar-refractivity contribution >= 4 is 22.7 Å². The number of thioether (sulfide) groups is 1. The third-order valence-corrected chi connectivity index (χ3v) is 7.69. The van der Waals surface area contributed by atoms with E-state index in [9.17, 15) is 0 Å². The molecule has 0 saturated carbocycles. The highest BCUT2D eigenvalue weighted by Gasteiger charge is 1.98. The Kier molecular flexibility index (Phi) is 78.8. The summed E-state index contributed by atoms with van der Waals surface area (Å²) in [6, 6.07) is 27.5. The summed E-state index contributed by atoms with van der Waals surface area (Å²) in [6.45, 7) is 44.2. The van der Waals surface area contributed by atoms with E-state index in [0.29, 0.717) is 0 Å². The largest absolute Gasteiger partial charge is 0.397 e. The molecule has 0 spiro atoms. The van der Waals surface area contributed by atoms with Crippen LogP contribution in [0.4, 0.5) is 0 Å². The van der Waals surface area contributed by atoms with E-state index >= 15 is 0 Å². The van der Waals surface area contributed by atoms with Gasteiger partial charge in [-0.15, -0.1) is 0 Å². The number of aromatic amines is 1. The Hall–Kier alpha value is -2.53. The number of rotatable bonds is 7. The minimum absolute atomic E-state index is 0.